The van der Waals surface area contributed by atoms with Crippen LogP contribution in [0.3, 0.4) is 0 Å². The number of nitrogens with zero attached hydrogens (tertiary/aromatic N) is 2. The van der Waals surface area contributed by atoms with Crippen LogP contribution in [0.2, 0.25) is 0 Å². The Bertz CT molecular complexity index is 570. The second-order valence-corrected chi connectivity index (χ2v) is 4.15. The standard InChI is InChI=1S/C14H16FN3O/c1-4-16-12-6-10(15)5-11(13(12)19-3)14-17-7-9(2)8-18-14/h5-8,16H,4H2,1-3H3. The Balaban J connectivity index is 2.57. The number of hydrogen-bond donors (Lipinski definition) is 1. The molecule has 5 heteroatoms. The molecule has 0 atom stereocenters. The molecular formula is C14H16FN3O. The first-order valence-corrected chi connectivity index (χ1v) is 6.06. The van der Waals surface area contributed by atoms with Crippen LogP contribution in [0.15, 0.2) is 24.5 Å². The van der Waals surface area contributed by atoms with Crippen molar-refractivity contribution in [2.45, 2.75) is 13.8 Å². The summed E-state index contributed by atoms with van der Waals surface area (Å²) in [5, 5.41) is 3.07. The number of methoxy groups -OCH3 is 1. The zero-order valence-electron chi connectivity index (χ0n) is 11.2. The van der Waals surface area contributed by atoms with Crippen LogP contribution < -0.4 is 10.1 Å². The maximum Gasteiger partial charge on any atom is 0.163 e. The van der Waals surface area contributed by atoms with Crippen molar-refractivity contribution in [3.8, 4) is 17.1 Å². The van der Waals surface area contributed by atoms with E-state index >= 15 is 0 Å². The molecule has 0 saturated heterocycles. The van der Waals surface area contributed by atoms with Crippen molar-refractivity contribution in [1.82, 2.24) is 9.97 Å². The Labute approximate surface area is 111 Å². The minimum atomic E-state index is -0.351. The van der Waals surface area contributed by atoms with E-state index in [-0.39, 0.29) is 5.82 Å². The molecule has 0 bridgehead atoms. The van der Waals surface area contributed by atoms with Gasteiger partial charge in [0.15, 0.2) is 11.6 Å². The Kier molecular flexibility index (Phi) is 3.94. The van der Waals surface area contributed by atoms with E-state index in [2.05, 4.69) is 15.3 Å². The molecule has 100 valence electrons. The first-order valence-electron chi connectivity index (χ1n) is 6.06. The Morgan fingerprint density at radius 3 is 2.53 bits per heavy atom. The van der Waals surface area contributed by atoms with E-state index in [9.17, 15) is 4.39 Å². The van der Waals surface area contributed by atoms with Gasteiger partial charge < -0.3 is 10.1 Å². The molecule has 0 aliphatic rings. The van der Waals surface area contributed by atoms with Crippen molar-refractivity contribution in [3.05, 3.63) is 35.9 Å². The molecule has 0 spiro atoms. The van der Waals surface area contributed by atoms with Crippen LogP contribution in [-0.2, 0) is 0 Å². The van der Waals surface area contributed by atoms with Crippen molar-refractivity contribution in [2.75, 3.05) is 19.0 Å². The summed E-state index contributed by atoms with van der Waals surface area (Å²) >= 11 is 0. The smallest absolute Gasteiger partial charge is 0.163 e. The van der Waals surface area contributed by atoms with Crippen LogP contribution in [0.25, 0.3) is 11.4 Å². The minimum Gasteiger partial charge on any atom is -0.494 e. The van der Waals surface area contributed by atoms with Crippen LogP contribution in [0.4, 0.5) is 10.1 Å². The van der Waals surface area contributed by atoms with Gasteiger partial charge >= 0.3 is 0 Å². The van der Waals surface area contributed by atoms with Gasteiger partial charge in [0.25, 0.3) is 0 Å². The number of halogens is 1. The highest BCUT2D eigenvalue weighted by Gasteiger charge is 2.15. The third kappa shape index (κ3) is 2.81. The lowest BCUT2D eigenvalue weighted by atomic mass is 10.1. The lowest BCUT2D eigenvalue weighted by Crippen LogP contribution is -2.02. The summed E-state index contributed by atoms with van der Waals surface area (Å²) in [6.07, 6.45) is 3.39. The van der Waals surface area contributed by atoms with Crippen molar-refractivity contribution in [2.24, 2.45) is 0 Å². The molecule has 1 heterocycles. The molecule has 4 nitrogen and oxygen atoms in total. The number of rotatable bonds is 4. The summed E-state index contributed by atoms with van der Waals surface area (Å²) in [7, 11) is 1.55. The predicted molar refractivity (Wildman–Crippen MR) is 72.9 cm³/mol. The second kappa shape index (κ2) is 5.65. The molecule has 0 amide bonds. The normalized spacial score (nSPS) is 10.3. The topological polar surface area (TPSA) is 47.0 Å². The molecular weight excluding hydrogens is 245 g/mol. The number of ether oxygens (including phenoxy) is 1. The van der Waals surface area contributed by atoms with Crippen molar-refractivity contribution < 1.29 is 9.13 Å². The van der Waals surface area contributed by atoms with Gasteiger partial charge in [0, 0.05) is 25.0 Å². The van der Waals surface area contributed by atoms with Crippen LogP contribution in [0, 0.1) is 12.7 Å². The molecule has 2 aromatic rings. The molecule has 1 aromatic heterocycles. The quantitative estimate of drug-likeness (QED) is 0.919. The summed E-state index contributed by atoms with van der Waals surface area (Å²) in [4.78, 5) is 8.43. The SMILES string of the molecule is CCNc1cc(F)cc(-c2ncc(C)cn2)c1OC. The number of benzene rings is 1. The summed E-state index contributed by atoms with van der Waals surface area (Å²) in [5.74, 6) is 0.643. The van der Waals surface area contributed by atoms with E-state index in [4.69, 9.17) is 4.74 Å². The zero-order valence-corrected chi connectivity index (χ0v) is 11.2. The lowest BCUT2D eigenvalue weighted by molar-refractivity contribution is 0.417. The van der Waals surface area contributed by atoms with E-state index in [1.165, 1.54) is 12.1 Å². The number of aryl methyl sites for hydroxylation is 1. The first kappa shape index (κ1) is 13.3. The minimum absolute atomic E-state index is 0.351. The van der Waals surface area contributed by atoms with E-state index < -0.39 is 0 Å². The van der Waals surface area contributed by atoms with Crippen LogP contribution >= 0.6 is 0 Å². The highest BCUT2D eigenvalue weighted by atomic mass is 19.1. The average molecular weight is 261 g/mol. The second-order valence-electron chi connectivity index (χ2n) is 4.15. The fourth-order valence-electron chi connectivity index (χ4n) is 1.83. The maximum atomic E-state index is 13.7. The van der Waals surface area contributed by atoms with Crippen LogP contribution in [-0.4, -0.2) is 23.6 Å². The van der Waals surface area contributed by atoms with Gasteiger partial charge in [-0.1, -0.05) is 0 Å². The maximum absolute atomic E-state index is 13.7. The van der Waals surface area contributed by atoms with Crippen molar-refractivity contribution in [1.29, 1.82) is 0 Å². The number of hydrogen-bond acceptors (Lipinski definition) is 4. The van der Waals surface area contributed by atoms with Gasteiger partial charge in [0.2, 0.25) is 0 Å². The van der Waals surface area contributed by atoms with Gasteiger partial charge in [0.05, 0.1) is 18.4 Å². The Hall–Kier alpha value is -2.17. The molecule has 0 aliphatic heterocycles. The first-order chi connectivity index (χ1) is 9.15. The molecule has 19 heavy (non-hydrogen) atoms. The summed E-state index contributed by atoms with van der Waals surface area (Å²) in [6.45, 7) is 4.51. The van der Waals surface area contributed by atoms with Gasteiger partial charge in [-0.25, -0.2) is 14.4 Å². The molecule has 0 fully saturated rings. The third-order valence-corrected chi connectivity index (χ3v) is 2.65. The van der Waals surface area contributed by atoms with E-state index in [1.54, 1.807) is 19.5 Å². The number of nitrogens with one attached hydrogen (secondary N) is 1. The zero-order chi connectivity index (χ0) is 13.8. The summed E-state index contributed by atoms with van der Waals surface area (Å²) in [6, 6.07) is 2.78. The van der Waals surface area contributed by atoms with E-state index in [1.807, 2.05) is 13.8 Å². The highest BCUT2D eigenvalue weighted by molar-refractivity contribution is 5.74. The lowest BCUT2D eigenvalue weighted by Gasteiger charge is -2.14. The predicted octanol–water partition coefficient (Wildman–Crippen LogP) is 3.03. The van der Waals surface area contributed by atoms with Gasteiger partial charge in [-0.05, 0) is 25.5 Å². The molecule has 0 unspecified atom stereocenters. The summed E-state index contributed by atoms with van der Waals surface area (Å²) in [5.41, 5.74) is 2.09. The van der Waals surface area contributed by atoms with Crippen LogP contribution in [0.1, 0.15) is 12.5 Å². The average Bonchev–Trinajstić information content (AvgIpc) is 2.39. The van der Waals surface area contributed by atoms with E-state index in [0.717, 1.165) is 5.56 Å². The van der Waals surface area contributed by atoms with Gasteiger partial charge in [0.1, 0.15) is 5.82 Å². The van der Waals surface area contributed by atoms with Gasteiger partial charge in [-0.2, -0.15) is 0 Å². The molecule has 0 aliphatic carbocycles. The highest BCUT2D eigenvalue weighted by Crippen LogP contribution is 2.35. The summed E-state index contributed by atoms with van der Waals surface area (Å²) < 4.78 is 19.0. The third-order valence-electron chi connectivity index (χ3n) is 2.65. The Morgan fingerprint density at radius 1 is 1.26 bits per heavy atom. The van der Waals surface area contributed by atoms with Crippen molar-refractivity contribution in [3.63, 3.8) is 0 Å². The molecule has 1 aromatic carbocycles. The molecule has 0 radical (unpaired) electrons. The number of aromatic nitrogens is 2. The largest absolute Gasteiger partial charge is 0.494 e. The van der Waals surface area contributed by atoms with Gasteiger partial charge in [-0.3, -0.25) is 0 Å². The number of anilines is 1. The van der Waals surface area contributed by atoms with E-state index in [0.29, 0.717) is 29.4 Å². The fraction of sp³-hybridized carbons (Fsp3) is 0.286. The fourth-order valence-corrected chi connectivity index (χ4v) is 1.83. The monoisotopic (exact) mass is 261 g/mol. The molecule has 0 saturated carbocycles. The van der Waals surface area contributed by atoms with Crippen LogP contribution in [0.5, 0.6) is 5.75 Å². The van der Waals surface area contributed by atoms with Crippen molar-refractivity contribution >= 4 is 5.69 Å². The van der Waals surface area contributed by atoms with Gasteiger partial charge in [-0.15, -0.1) is 0 Å². The molecule has 1 N–H and O–H groups in total. The molecule has 2 rings (SSSR count). The Morgan fingerprint density at radius 2 is 1.95 bits per heavy atom.